The maximum Gasteiger partial charge on any atom is 0.306 e. The first-order valence-electron chi connectivity index (χ1n) is 14.7. The zero-order chi connectivity index (χ0) is 24.0. The van der Waals surface area contributed by atoms with Gasteiger partial charge in [-0.2, -0.15) is 0 Å². The first-order chi connectivity index (χ1) is 16.3. The Balaban J connectivity index is 0.000000142. The Hall–Kier alpha value is -1.06. The highest BCUT2D eigenvalue weighted by Gasteiger charge is 2.49. The van der Waals surface area contributed by atoms with E-state index >= 15 is 0 Å². The summed E-state index contributed by atoms with van der Waals surface area (Å²) < 4.78 is 10.6. The van der Waals surface area contributed by atoms with Gasteiger partial charge in [-0.25, -0.2) is 0 Å². The Bertz CT molecular complexity index is 744. The Morgan fingerprint density at radius 2 is 1.18 bits per heavy atom. The van der Waals surface area contributed by atoms with E-state index in [0.717, 1.165) is 84.9 Å². The van der Waals surface area contributed by atoms with Gasteiger partial charge in [0, 0.05) is 12.8 Å². The van der Waals surface area contributed by atoms with E-state index in [1.54, 1.807) is 0 Å². The molecule has 6 fully saturated rings. The van der Waals surface area contributed by atoms with Gasteiger partial charge in [-0.15, -0.1) is 0 Å². The molecule has 34 heavy (non-hydrogen) atoms. The zero-order valence-corrected chi connectivity index (χ0v) is 22.0. The van der Waals surface area contributed by atoms with E-state index in [4.69, 9.17) is 9.47 Å². The summed E-state index contributed by atoms with van der Waals surface area (Å²) in [6, 6.07) is 0. The lowest BCUT2D eigenvalue weighted by Crippen LogP contribution is -2.27. The first kappa shape index (κ1) is 24.6. The summed E-state index contributed by atoms with van der Waals surface area (Å²) in [6.07, 6.45) is 14.4. The molecule has 4 aliphatic carbocycles. The molecule has 192 valence electrons. The fourth-order valence-electron chi connectivity index (χ4n) is 9.27. The third-order valence-electron chi connectivity index (χ3n) is 11.7. The molecule has 2 heterocycles. The van der Waals surface area contributed by atoms with Gasteiger partial charge in [0.2, 0.25) is 0 Å². The van der Waals surface area contributed by atoms with E-state index in [1.807, 2.05) is 0 Å². The van der Waals surface area contributed by atoms with E-state index in [9.17, 15) is 9.59 Å². The highest BCUT2D eigenvalue weighted by molar-refractivity contribution is 5.71. The second-order valence-electron chi connectivity index (χ2n) is 13.2. The van der Waals surface area contributed by atoms with Gasteiger partial charge in [0.05, 0.1) is 0 Å². The van der Waals surface area contributed by atoms with Gasteiger partial charge >= 0.3 is 11.9 Å². The van der Waals surface area contributed by atoms with E-state index in [2.05, 4.69) is 27.7 Å². The van der Waals surface area contributed by atoms with Crippen LogP contribution < -0.4 is 0 Å². The standard InChI is InChI=1S/C16H26O2.C14H22O2/c1-10-11(2)15-9-13(10)8-12(15)4-3-5-14-6-7-16(17)18-14;1-8-9(2)13-7-10(8)5-11(13)6-12-3-4-14(15)16-12/h10-15H,3-9H2,1-2H3;8-13H,3-7H2,1-2H3. The van der Waals surface area contributed by atoms with Gasteiger partial charge in [-0.05, 0) is 117 Å². The minimum absolute atomic E-state index is 0.0161. The summed E-state index contributed by atoms with van der Waals surface area (Å²) in [4.78, 5) is 22.1. The second kappa shape index (κ2) is 10.1. The van der Waals surface area contributed by atoms with Crippen LogP contribution in [0.4, 0.5) is 0 Å². The topological polar surface area (TPSA) is 52.6 Å². The quantitative estimate of drug-likeness (QED) is 0.399. The molecular weight excluding hydrogens is 424 g/mol. The first-order valence-corrected chi connectivity index (χ1v) is 14.7. The van der Waals surface area contributed by atoms with Gasteiger partial charge in [-0.1, -0.05) is 34.1 Å². The molecule has 0 aromatic heterocycles. The number of hydrogen-bond acceptors (Lipinski definition) is 4. The van der Waals surface area contributed by atoms with Crippen molar-refractivity contribution in [3.8, 4) is 0 Å². The molecule has 0 N–H and O–H groups in total. The molecule has 12 atom stereocenters. The molecule has 0 spiro atoms. The number of esters is 2. The average Bonchev–Trinajstić information content (AvgIpc) is 3.63. The normalized spacial score (nSPS) is 48.7. The molecule has 2 saturated heterocycles. The van der Waals surface area contributed by atoms with Crippen LogP contribution in [0, 0.1) is 59.2 Å². The molecule has 0 aromatic carbocycles. The Morgan fingerprint density at radius 3 is 1.68 bits per heavy atom. The van der Waals surface area contributed by atoms with Crippen molar-refractivity contribution in [3.05, 3.63) is 0 Å². The smallest absolute Gasteiger partial charge is 0.306 e. The maximum atomic E-state index is 11.1. The van der Waals surface area contributed by atoms with Gasteiger partial charge in [0.1, 0.15) is 12.2 Å². The fraction of sp³-hybridized carbons (Fsp3) is 0.933. The summed E-state index contributed by atoms with van der Waals surface area (Å²) in [5, 5.41) is 0. The predicted octanol–water partition coefficient (Wildman–Crippen LogP) is 6.80. The van der Waals surface area contributed by atoms with Crippen LogP contribution in [0.1, 0.15) is 105 Å². The van der Waals surface area contributed by atoms with Crippen molar-refractivity contribution in [3.63, 3.8) is 0 Å². The number of ether oxygens (including phenoxy) is 2. The molecule has 4 saturated carbocycles. The molecule has 6 rings (SSSR count). The highest BCUT2D eigenvalue weighted by Crippen LogP contribution is 2.57. The van der Waals surface area contributed by atoms with Crippen LogP contribution in [0.5, 0.6) is 0 Å². The highest BCUT2D eigenvalue weighted by atomic mass is 16.6. The van der Waals surface area contributed by atoms with E-state index in [1.165, 1.54) is 38.5 Å². The number of rotatable bonds is 6. The van der Waals surface area contributed by atoms with Gasteiger partial charge < -0.3 is 9.47 Å². The lowest BCUT2D eigenvalue weighted by Gasteiger charge is -2.32. The molecule has 2 aliphatic heterocycles. The summed E-state index contributed by atoms with van der Waals surface area (Å²) in [6.45, 7) is 9.74. The minimum atomic E-state index is 0.0161. The predicted molar refractivity (Wildman–Crippen MR) is 133 cm³/mol. The molecule has 12 unspecified atom stereocenters. The van der Waals surface area contributed by atoms with Crippen molar-refractivity contribution in [1.29, 1.82) is 0 Å². The van der Waals surface area contributed by atoms with Crippen molar-refractivity contribution in [2.24, 2.45) is 59.2 Å². The Labute approximate surface area is 207 Å². The number of fused-ring (bicyclic) bond motifs is 4. The van der Waals surface area contributed by atoms with Crippen LogP contribution in [-0.2, 0) is 19.1 Å². The van der Waals surface area contributed by atoms with E-state index < -0.39 is 0 Å². The van der Waals surface area contributed by atoms with Crippen LogP contribution >= 0.6 is 0 Å². The molecule has 4 nitrogen and oxygen atoms in total. The third-order valence-corrected chi connectivity index (χ3v) is 11.7. The maximum absolute atomic E-state index is 11.1. The van der Waals surface area contributed by atoms with Gasteiger partial charge in [0.25, 0.3) is 0 Å². The molecule has 0 aromatic rings. The van der Waals surface area contributed by atoms with Crippen LogP contribution in [0.2, 0.25) is 0 Å². The van der Waals surface area contributed by atoms with Crippen molar-refractivity contribution in [2.75, 3.05) is 0 Å². The lowest BCUT2D eigenvalue weighted by molar-refractivity contribution is -0.142. The van der Waals surface area contributed by atoms with Crippen molar-refractivity contribution < 1.29 is 19.1 Å². The van der Waals surface area contributed by atoms with E-state index in [0.29, 0.717) is 12.8 Å². The van der Waals surface area contributed by atoms with Gasteiger partial charge in [-0.3, -0.25) is 9.59 Å². The monoisotopic (exact) mass is 472 g/mol. The fourth-order valence-corrected chi connectivity index (χ4v) is 9.27. The largest absolute Gasteiger partial charge is 0.462 e. The SMILES string of the molecule is CC1C2CC(CC3CCC(=O)O3)C(C2)C1C.CC1C2CC(CCCC3CCC(=O)O3)C(C2)C1C. The van der Waals surface area contributed by atoms with Crippen molar-refractivity contribution >= 4 is 11.9 Å². The Kier molecular flexibility index (Phi) is 7.34. The average molecular weight is 473 g/mol. The van der Waals surface area contributed by atoms with Crippen LogP contribution in [0.3, 0.4) is 0 Å². The summed E-state index contributed by atoms with van der Waals surface area (Å²) in [5.41, 5.74) is 0. The number of cyclic esters (lactones) is 2. The van der Waals surface area contributed by atoms with Crippen LogP contribution in [0.15, 0.2) is 0 Å². The van der Waals surface area contributed by atoms with Crippen molar-refractivity contribution in [1.82, 2.24) is 0 Å². The number of hydrogen-bond donors (Lipinski definition) is 0. The van der Waals surface area contributed by atoms with Crippen LogP contribution in [0.25, 0.3) is 0 Å². The lowest BCUT2D eigenvalue weighted by atomic mass is 9.74. The molecule has 6 aliphatic rings. The molecule has 0 amide bonds. The van der Waals surface area contributed by atoms with Gasteiger partial charge in [0.15, 0.2) is 0 Å². The summed E-state index contributed by atoms with van der Waals surface area (Å²) in [7, 11) is 0. The molecular formula is C30H48O4. The summed E-state index contributed by atoms with van der Waals surface area (Å²) >= 11 is 0. The third kappa shape index (κ3) is 4.94. The van der Waals surface area contributed by atoms with Crippen molar-refractivity contribution in [2.45, 2.75) is 117 Å². The molecule has 4 heteroatoms. The Morgan fingerprint density at radius 1 is 0.647 bits per heavy atom. The number of carbonyl (C=O) groups excluding carboxylic acids is 2. The number of carbonyl (C=O) groups is 2. The molecule has 4 bridgehead atoms. The van der Waals surface area contributed by atoms with E-state index in [-0.39, 0.29) is 24.1 Å². The summed E-state index contributed by atoms with van der Waals surface area (Å²) in [5.74, 6) is 9.45. The second-order valence-corrected chi connectivity index (χ2v) is 13.2. The molecule has 0 radical (unpaired) electrons. The van der Waals surface area contributed by atoms with Crippen LogP contribution in [-0.4, -0.2) is 24.1 Å². The minimum Gasteiger partial charge on any atom is -0.462 e. The zero-order valence-electron chi connectivity index (χ0n) is 22.0.